The molecule has 0 aliphatic carbocycles. The van der Waals surface area contributed by atoms with Crippen LogP contribution in [0.5, 0.6) is 0 Å². The van der Waals surface area contributed by atoms with E-state index in [0.29, 0.717) is 4.58 Å². The second-order valence-corrected chi connectivity index (χ2v) is 5.99. The van der Waals surface area contributed by atoms with E-state index in [0.717, 1.165) is 5.04 Å². The molecule has 3 heteroatoms. The van der Waals surface area contributed by atoms with Gasteiger partial charge < -0.3 is 0 Å². The Bertz CT molecular complexity index is 522. The van der Waals surface area contributed by atoms with Crippen LogP contribution in [0.4, 0.5) is 0 Å². The Morgan fingerprint density at radius 2 is 1.47 bits per heavy atom. The molecule has 17 heavy (non-hydrogen) atoms. The molecule has 0 radical (unpaired) electrons. The summed E-state index contributed by atoms with van der Waals surface area (Å²) >= 11 is 3.48. The average Bonchev–Trinajstić information content (AvgIpc) is 2.90. The van der Waals surface area contributed by atoms with Gasteiger partial charge in [-0.1, -0.05) is 72.4 Å². The molecule has 0 N–H and O–H groups in total. The Balaban J connectivity index is 1.78. The van der Waals surface area contributed by atoms with Gasteiger partial charge >= 0.3 is 0 Å². The zero-order chi connectivity index (χ0) is 11.5. The molecule has 1 aliphatic rings. The number of thioether (sulfide) groups is 1. The van der Waals surface area contributed by atoms with E-state index in [1.54, 1.807) is 11.9 Å². The van der Waals surface area contributed by atoms with Crippen molar-refractivity contribution in [2.75, 3.05) is 0 Å². The van der Waals surface area contributed by atoms with Gasteiger partial charge in [-0.25, -0.2) is 4.40 Å². The minimum atomic E-state index is 0.395. The Hall–Kier alpha value is -1.19. The summed E-state index contributed by atoms with van der Waals surface area (Å²) in [7, 11) is 0. The zero-order valence-electron chi connectivity index (χ0n) is 9.11. The minimum Gasteiger partial charge on any atom is -0.208 e. The van der Waals surface area contributed by atoms with Gasteiger partial charge in [-0.3, -0.25) is 0 Å². The lowest BCUT2D eigenvalue weighted by atomic mass is 10.2. The van der Waals surface area contributed by atoms with Crippen molar-refractivity contribution in [3.63, 3.8) is 0 Å². The standard InChI is InChI=1S/C14H11NS2/c1-3-7-11(8-4-1)13-15-17-14(16-13)12-9-5-2-6-10-12/h1-10,14H. The molecular formula is C14H11NS2. The topological polar surface area (TPSA) is 12.4 Å². The molecule has 0 fully saturated rings. The zero-order valence-corrected chi connectivity index (χ0v) is 10.7. The maximum absolute atomic E-state index is 4.56. The van der Waals surface area contributed by atoms with Gasteiger partial charge in [0, 0.05) is 5.56 Å². The monoisotopic (exact) mass is 257 g/mol. The largest absolute Gasteiger partial charge is 0.208 e. The molecule has 1 atom stereocenters. The third kappa shape index (κ3) is 2.40. The van der Waals surface area contributed by atoms with E-state index < -0.39 is 0 Å². The van der Waals surface area contributed by atoms with E-state index in [-0.39, 0.29) is 0 Å². The van der Waals surface area contributed by atoms with Crippen molar-refractivity contribution in [1.82, 2.24) is 0 Å². The maximum Gasteiger partial charge on any atom is 0.113 e. The van der Waals surface area contributed by atoms with Crippen LogP contribution in [0.15, 0.2) is 65.1 Å². The summed E-state index contributed by atoms with van der Waals surface area (Å²) in [6.45, 7) is 0. The molecule has 0 bridgehead atoms. The van der Waals surface area contributed by atoms with Crippen LogP contribution in [0.1, 0.15) is 15.7 Å². The van der Waals surface area contributed by atoms with Crippen LogP contribution in [0.3, 0.4) is 0 Å². The predicted molar refractivity (Wildman–Crippen MR) is 77.3 cm³/mol. The summed E-state index contributed by atoms with van der Waals surface area (Å²) in [5, 5.41) is 1.13. The molecule has 0 amide bonds. The second-order valence-electron chi connectivity index (χ2n) is 3.73. The molecule has 0 spiro atoms. The summed E-state index contributed by atoms with van der Waals surface area (Å²) in [4.78, 5) is 0. The van der Waals surface area contributed by atoms with Gasteiger partial charge in [-0.15, -0.1) is 0 Å². The fourth-order valence-electron chi connectivity index (χ4n) is 1.68. The Labute approximate surface area is 109 Å². The fourth-order valence-corrected chi connectivity index (χ4v) is 3.90. The molecule has 1 nitrogen and oxygen atoms in total. The Morgan fingerprint density at radius 1 is 0.824 bits per heavy atom. The van der Waals surface area contributed by atoms with Gasteiger partial charge in [0.1, 0.15) is 9.63 Å². The van der Waals surface area contributed by atoms with Gasteiger partial charge in [0.2, 0.25) is 0 Å². The van der Waals surface area contributed by atoms with Crippen molar-refractivity contribution in [1.29, 1.82) is 0 Å². The average molecular weight is 257 g/mol. The van der Waals surface area contributed by atoms with Crippen LogP contribution in [-0.4, -0.2) is 5.04 Å². The minimum absolute atomic E-state index is 0.395. The first-order valence-electron chi connectivity index (χ1n) is 5.44. The van der Waals surface area contributed by atoms with Crippen LogP contribution in [0, 0.1) is 0 Å². The number of rotatable bonds is 2. The molecule has 1 unspecified atom stereocenters. The van der Waals surface area contributed by atoms with Crippen molar-refractivity contribution >= 4 is 28.8 Å². The maximum atomic E-state index is 4.56. The SMILES string of the molecule is c1ccc(C2=NSC(c3ccccc3)S2)cc1. The lowest BCUT2D eigenvalue weighted by molar-refractivity contribution is 1.39. The fraction of sp³-hybridized carbons (Fsp3) is 0.0714. The van der Waals surface area contributed by atoms with E-state index in [1.165, 1.54) is 11.1 Å². The third-order valence-electron chi connectivity index (χ3n) is 2.54. The number of benzene rings is 2. The smallest absolute Gasteiger partial charge is 0.113 e. The van der Waals surface area contributed by atoms with E-state index in [2.05, 4.69) is 52.9 Å². The highest BCUT2D eigenvalue weighted by molar-refractivity contribution is 8.27. The number of nitrogens with zero attached hydrogens (tertiary/aromatic N) is 1. The third-order valence-corrected chi connectivity index (χ3v) is 4.99. The first kappa shape index (κ1) is 10.9. The molecule has 84 valence electrons. The van der Waals surface area contributed by atoms with E-state index in [4.69, 9.17) is 0 Å². The summed E-state index contributed by atoms with van der Waals surface area (Å²) < 4.78 is 4.95. The highest BCUT2D eigenvalue weighted by atomic mass is 32.2. The van der Waals surface area contributed by atoms with E-state index in [1.807, 2.05) is 23.9 Å². The second kappa shape index (κ2) is 4.98. The Morgan fingerprint density at radius 3 is 2.18 bits per heavy atom. The van der Waals surface area contributed by atoms with Crippen molar-refractivity contribution < 1.29 is 0 Å². The van der Waals surface area contributed by atoms with Crippen molar-refractivity contribution in [2.24, 2.45) is 4.40 Å². The molecule has 0 saturated heterocycles. The van der Waals surface area contributed by atoms with E-state index in [9.17, 15) is 0 Å². The Kier molecular flexibility index (Phi) is 3.20. The first-order valence-corrected chi connectivity index (χ1v) is 7.16. The van der Waals surface area contributed by atoms with Crippen LogP contribution in [0.2, 0.25) is 0 Å². The normalized spacial score (nSPS) is 19.1. The van der Waals surface area contributed by atoms with Crippen LogP contribution in [0.25, 0.3) is 0 Å². The van der Waals surface area contributed by atoms with Gasteiger partial charge in [0.05, 0.1) is 0 Å². The quantitative estimate of drug-likeness (QED) is 0.733. The van der Waals surface area contributed by atoms with E-state index >= 15 is 0 Å². The van der Waals surface area contributed by atoms with Gasteiger partial charge in [0.15, 0.2) is 0 Å². The lowest BCUT2D eigenvalue weighted by Crippen LogP contribution is -1.92. The summed E-state index contributed by atoms with van der Waals surface area (Å²) in [6.07, 6.45) is 0. The summed E-state index contributed by atoms with van der Waals surface area (Å²) in [6, 6.07) is 20.9. The van der Waals surface area contributed by atoms with Crippen LogP contribution >= 0.6 is 23.7 Å². The lowest BCUT2D eigenvalue weighted by Gasteiger charge is -2.06. The van der Waals surface area contributed by atoms with Crippen LogP contribution in [-0.2, 0) is 0 Å². The van der Waals surface area contributed by atoms with Crippen molar-refractivity contribution in [3.05, 3.63) is 71.8 Å². The molecule has 3 rings (SSSR count). The molecule has 1 aliphatic heterocycles. The highest BCUT2D eigenvalue weighted by Crippen LogP contribution is 2.47. The summed E-state index contributed by atoms with van der Waals surface area (Å²) in [5.41, 5.74) is 2.54. The molecule has 2 aromatic rings. The van der Waals surface area contributed by atoms with Gasteiger partial charge in [-0.2, -0.15) is 0 Å². The highest BCUT2D eigenvalue weighted by Gasteiger charge is 2.22. The predicted octanol–water partition coefficient (Wildman–Crippen LogP) is 4.53. The van der Waals surface area contributed by atoms with Crippen molar-refractivity contribution in [2.45, 2.75) is 4.58 Å². The molecule has 1 heterocycles. The molecular weight excluding hydrogens is 246 g/mol. The van der Waals surface area contributed by atoms with Crippen molar-refractivity contribution in [3.8, 4) is 0 Å². The molecule has 0 saturated carbocycles. The first-order chi connectivity index (χ1) is 8.43. The number of hydrogen-bond donors (Lipinski definition) is 0. The molecule has 0 aromatic heterocycles. The number of hydrogen-bond acceptors (Lipinski definition) is 3. The summed E-state index contributed by atoms with van der Waals surface area (Å²) in [5.74, 6) is 0. The van der Waals surface area contributed by atoms with Crippen LogP contribution < -0.4 is 0 Å². The van der Waals surface area contributed by atoms with Gasteiger partial charge in [-0.05, 0) is 17.5 Å². The molecule has 2 aromatic carbocycles. The van der Waals surface area contributed by atoms with Gasteiger partial charge in [0.25, 0.3) is 0 Å².